The molecular weight excluding hydrogens is 270 g/mol. The number of benzene rings is 1. The van der Waals surface area contributed by atoms with Gasteiger partial charge in [0.25, 0.3) is 5.69 Å². The average Bonchev–Trinajstić information content (AvgIpc) is 2.48. The summed E-state index contributed by atoms with van der Waals surface area (Å²) < 4.78 is 5.70. The molecule has 1 N–H and O–H groups in total. The largest absolute Gasteiger partial charge is 0.381 e. The molecule has 1 aliphatic rings. The molecule has 1 aromatic rings. The lowest BCUT2D eigenvalue weighted by Crippen LogP contribution is -2.34. The predicted octanol–water partition coefficient (Wildman–Crippen LogP) is 3.23. The van der Waals surface area contributed by atoms with E-state index in [1.54, 1.807) is 6.07 Å². The van der Waals surface area contributed by atoms with Crippen LogP contribution in [0.4, 0.5) is 11.4 Å². The molecule has 1 aromatic carbocycles. The second-order valence-corrected chi connectivity index (χ2v) is 5.25. The number of nitrogens with zero attached hydrogens (tertiary/aromatic N) is 2. The quantitative estimate of drug-likeness (QED) is 0.664. The maximum Gasteiger partial charge on any atom is 0.270 e. The van der Waals surface area contributed by atoms with E-state index in [-0.39, 0.29) is 17.8 Å². The van der Waals surface area contributed by atoms with Gasteiger partial charge in [-0.3, -0.25) is 10.1 Å². The molecule has 1 saturated heterocycles. The van der Waals surface area contributed by atoms with Crippen molar-refractivity contribution in [2.45, 2.75) is 44.8 Å². The van der Waals surface area contributed by atoms with E-state index in [0.717, 1.165) is 25.7 Å². The Hall–Kier alpha value is -2.13. The number of rotatable bonds is 5. The van der Waals surface area contributed by atoms with E-state index < -0.39 is 4.92 Å². The van der Waals surface area contributed by atoms with Crippen LogP contribution in [-0.2, 0) is 4.74 Å². The van der Waals surface area contributed by atoms with Gasteiger partial charge in [0, 0.05) is 24.8 Å². The van der Waals surface area contributed by atoms with Gasteiger partial charge in [0.1, 0.15) is 6.07 Å². The standard InChI is InChI=1S/C15H19N3O3/c1-2-3-14-9-12(6-7-21-14)17-15-5-4-13(18(19)20)8-11(15)10-16/h4-5,8,12,14,17H,2-3,6-7,9H2,1H3. The molecule has 0 saturated carbocycles. The van der Waals surface area contributed by atoms with Gasteiger partial charge in [0.15, 0.2) is 0 Å². The van der Waals surface area contributed by atoms with Gasteiger partial charge < -0.3 is 10.1 Å². The second kappa shape index (κ2) is 7.04. The molecular formula is C15H19N3O3. The van der Waals surface area contributed by atoms with Crippen LogP contribution in [0.3, 0.4) is 0 Å². The molecule has 2 rings (SSSR count). The smallest absolute Gasteiger partial charge is 0.270 e. The average molecular weight is 289 g/mol. The first kappa shape index (κ1) is 15.3. The molecule has 6 nitrogen and oxygen atoms in total. The number of non-ortho nitro benzene ring substituents is 1. The van der Waals surface area contributed by atoms with Crippen LogP contribution >= 0.6 is 0 Å². The fourth-order valence-corrected chi connectivity index (χ4v) is 2.62. The third-order valence-corrected chi connectivity index (χ3v) is 3.67. The summed E-state index contributed by atoms with van der Waals surface area (Å²) in [6, 6.07) is 6.60. The van der Waals surface area contributed by atoms with E-state index in [1.165, 1.54) is 12.1 Å². The number of nitro benzene ring substituents is 1. The molecule has 2 atom stereocenters. The Morgan fingerprint density at radius 1 is 1.57 bits per heavy atom. The van der Waals surface area contributed by atoms with Crippen LogP contribution in [0.2, 0.25) is 0 Å². The number of nitriles is 1. The molecule has 1 fully saturated rings. The third-order valence-electron chi connectivity index (χ3n) is 3.67. The molecule has 0 bridgehead atoms. The highest BCUT2D eigenvalue weighted by atomic mass is 16.6. The molecule has 0 aromatic heterocycles. The van der Waals surface area contributed by atoms with Gasteiger partial charge in [0.2, 0.25) is 0 Å². The molecule has 2 unspecified atom stereocenters. The first-order valence-corrected chi connectivity index (χ1v) is 7.20. The van der Waals surface area contributed by atoms with Crippen molar-refractivity contribution in [3.8, 4) is 6.07 Å². The first-order valence-electron chi connectivity index (χ1n) is 7.20. The van der Waals surface area contributed by atoms with E-state index in [9.17, 15) is 10.1 Å². The Labute approximate surface area is 123 Å². The number of nitro groups is 1. The fourth-order valence-electron chi connectivity index (χ4n) is 2.62. The lowest BCUT2D eigenvalue weighted by molar-refractivity contribution is -0.384. The Kier molecular flexibility index (Phi) is 5.12. The molecule has 0 amide bonds. The van der Waals surface area contributed by atoms with Crippen LogP contribution in [-0.4, -0.2) is 23.7 Å². The normalized spacial score (nSPS) is 21.5. The Bertz CT molecular complexity index is 552. The number of hydrogen-bond acceptors (Lipinski definition) is 5. The van der Waals surface area contributed by atoms with E-state index in [4.69, 9.17) is 10.00 Å². The van der Waals surface area contributed by atoms with Crippen molar-refractivity contribution in [2.75, 3.05) is 11.9 Å². The first-order chi connectivity index (χ1) is 10.1. The lowest BCUT2D eigenvalue weighted by Gasteiger charge is -2.30. The molecule has 112 valence electrons. The molecule has 1 aliphatic heterocycles. The van der Waals surface area contributed by atoms with Gasteiger partial charge in [-0.05, 0) is 25.3 Å². The summed E-state index contributed by atoms with van der Waals surface area (Å²) in [6.45, 7) is 2.84. The maximum atomic E-state index is 10.7. The highest BCUT2D eigenvalue weighted by Gasteiger charge is 2.23. The summed E-state index contributed by atoms with van der Waals surface area (Å²) in [5.41, 5.74) is 0.904. The van der Waals surface area contributed by atoms with Crippen molar-refractivity contribution in [3.05, 3.63) is 33.9 Å². The minimum atomic E-state index is -0.490. The molecule has 21 heavy (non-hydrogen) atoms. The maximum absolute atomic E-state index is 10.7. The second-order valence-electron chi connectivity index (χ2n) is 5.25. The number of anilines is 1. The van der Waals surface area contributed by atoms with Crippen molar-refractivity contribution in [1.82, 2.24) is 0 Å². The zero-order valence-electron chi connectivity index (χ0n) is 12.0. The molecule has 0 aliphatic carbocycles. The van der Waals surface area contributed by atoms with Crippen molar-refractivity contribution < 1.29 is 9.66 Å². The molecule has 6 heteroatoms. The van der Waals surface area contributed by atoms with Crippen molar-refractivity contribution in [2.24, 2.45) is 0 Å². The van der Waals surface area contributed by atoms with Gasteiger partial charge in [-0.15, -0.1) is 0 Å². The van der Waals surface area contributed by atoms with Gasteiger partial charge in [-0.25, -0.2) is 0 Å². The van der Waals surface area contributed by atoms with Gasteiger partial charge in [-0.1, -0.05) is 13.3 Å². The molecule has 0 radical (unpaired) electrons. The van der Waals surface area contributed by atoms with Crippen LogP contribution < -0.4 is 5.32 Å². The number of nitrogens with one attached hydrogen (secondary N) is 1. The highest BCUT2D eigenvalue weighted by Crippen LogP contribution is 2.26. The zero-order valence-corrected chi connectivity index (χ0v) is 12.0. The van der Waals surface area contributed by atoms with E-state index in [1.807, 2.05) is 6.07 Å². The fraction of sp³-hybridized carbons (Fsp3) is 0.533. The minimum absolute atomic E-state index is 0.0621. The summed E-state index contributed by atoms with van der Waals surface area (Å²) in [5, 5.41) is 23.2. The summed E-state index contributed by atoms with van der Waals surface area (Å²) in [6.07, 6.45) is 4.14. The third kappa shape index (κ3) is 3.92. The number of hydrogen-bond donors (Lipinski definition) is 1. The van der Waals surface area contributed by atoms with Crippen LogP contribution in [0.15, 0.2) is 18.2 Å². The van der Waals surface area contributed by atoms with Crippen LogP contribution in [0.1, 0.15) is 38.2 Å². The SMILES string of the molecule is CCCC1CC(Nc2ccc([N+](=O)[O-])cc2C#N)CCO1. The summed E-state index contributed by atoms with van der Waals surface area (Å²) in [5.74, 6) is 0. The van der Waals surface area contributed by atoms with Crippen molar-refractivity contribution in [1.29, 1.82) is 5.26 Å². The van der Waals surface area contributed by atoms with Crippen molar-refractivity contribution >= 4 is 11.4 Å². The lowest BCUT2D eigenvalue weighted by atomic mass is 9.99. The topological polar surface area (TPSA) is 88.2 Å². The van der Waals surface area contributed by atoms with Crippen LogP contribution in [0.5, 0.6) is 0 Å². The van der Waals surface area contributed by atoms with Gasteiger partial charge in [-0.2, -0.15) is 5.26 Å². The predicted molar refractivity (Wildman–Crippen MR) is 79.1 cm³/mol. The van der Waals surface area contributed by atoms with E-state index in [0.29, 0.717) is 17.9 Å². The molecule has 0 spiro atoms. The zero-order chi connectivity index (χ0) is 15.2. The summed E-state index contributed by atoms with van der Waals surface area (Å²) >= 11 is 0. The van der Waals surface area contributed by atoms with Gasteiger partial charge >= 0.3 is 0 Å². The van der Waals surface area contributed by atoms with Crippen molar-refractivity contribution in [3.63, 3.8) is 0 Å². The van der Waals surface area contributed by atoms with E-state index >= 15 is 0 Å². The van der Waals surface area contributed by atoms with Crippen LogP contribution in [0, 0.1) is 21.4 Å². The number of ether oxygens (including phenoxy) is 1. The summed E-state index contributed by atoms with van der Waals surface area (Å²) in [7, 11) is 0. The Morgan fingerprint density at radius 2 is 2.38 bits per heavy atom. The molecule has 1 heterocycles. The monoisotopic (exact) mass is 289 g/mol. The van der Waals surface area contributed by atoms with Gasteiger partial charge in [0.05, 0.1) is 22.3 Å². The van der Waals surface area contributed by atoms with Crippen LogP contribution in [0.25, 0.3) is 0 Å². The minimum Gasteiger partial charge on any atom is -0.381 e. The Balaban J connectivity index is 2.08. The Morgan fingerprint density at radius 3 is 3.05 bits per heavy atom. The summed E-state index contributed by atoms with van der Waals surface area (Å²) in [4.78, 5) is 10.3. The highest BCUT2D eigenvalue weighted by molar-refractivity contribution is 5.61. The van der Waals surface area contributed by atoms with E-state index in [2.05, 4.69) is 12.2 Å².